The van der Waals surface area contributed by atoms with Gasteiger partial charge in [0, 0.05) is 29.2 Å². The van der Waals surface area contributed by atoms with Gasteiger partial charge in [-0.1, -0.05) is 47.0 Å². The fourth-order valence-electron chi connectivity index (χ4n) is 3.62. The van der Waals surface area contributed by atoms with E-state index in [-0.39, 0.29) is 17.1 Å². The lowest BCUT2D eigenvalue weighted by atomic mass is 10.1. The van der Waals surface area contributed by atoms with Gasteiger partial charge in [-0.2, -0.15) is 0 Å². The van der Waals surface area contributed by atoms with Gasteiger partial charge >= 0.3 is 0 Å². The van der Waals surface area contributed by atoms with E-state index in [1.54, 1.807) is 42.5 Å². The summed E-state index contributed by atoms with van der Waals surface area (Å²) in [5.74, 6) is -1.72. The van der Waals surface area contributed by atoms with Crippen LogP contribution in [0.5, 0.6) is 0 Å². The standard InChI is InChI=1S/C26H26Cl2FN3O4S/c1-17-7-11-20(12-8-17)32(37(35,36)21-13-9-19(29)10-14-21)16-25(33)31(18(2)26(34)30-3)15-22-23(27)5-4-6-24(22)28/h4-14,18H,15-16H2,1-3H3,(H,30,34)/t18-/m0/s1. The Hall–Kier alpha value is -3.14. The Labute approximate surface area is 225 Å². The summed E-state index contributed by atoms with van der Waals surface area (Å²) in [6, 6.07) is 14.8. The van der Waals surface area contributed by atoms with E-state index < -0.39 is 40.2 Å². The minimum Gasteiger partial charge on any atom is -0.357 e. The van der Waals surface area contributed by atoms with Crippen molar-refractivity contribution in [3.8, 4) is 0 Å². The minimum absolute atomic E-state index is 0.135. The Morgan fingerprint density at radius 3 is 2.08 bits per heavy atom. The van der Waals surface area contributed by atoms with Crippen molar-refractivity contribution in [2.24, 2.45) is 0 Å². The molecule has 0 aliphatic heterocycles. The molecule has 0 radical (unpaired) electrons. The van der Waals surface area contributed by atoms with E-state index in [2.05, 4.69) is 5.32 Å². The largest absolute Gasteiger partial charge is 0.357 e. The number of anilines is 1. The van der Waals surface area contributed by atoms with E-state index >= 15 is 0 Å². The molecule has 1 N–H and O–H groups in total. The van der Waals surface area contributed by atoms with Crippen molar-refractivity contribution in [1.29, 1.82) is 0 Å². The summed E-state index contributed by atoms with van der Waals surface area (Å²) >= 11 is 12.6. The molecule has 0 fully saturated rings. The summed E-state index contributed by atoms with van der Waals surface area (Å²) in [7, 11) is -2.85. The SMILES string of the molecule is CNC(=O)[C@H](C)N(Cc1c(Cl)cccc1Cl)C(=O)CN(c1ccc(C)cc1)S(=O)(=O)c1ccc(F)cc1. The molecule has 0 unspecified atom stereocenters. The topological polar surface area (TPSA) is 86.8 Å². The molecule has 2 amide bonds. The van der Waals surface area contributed by atoms with E-state index in [9.17, 15) is 22.4 Å². The summed E-state index contributed by atoms with van der Waals surface area (Å²) in [6.07, 6.45) is 0. The molecule has 196 valence electrons. The number of sulfonamides is 1. The molecule has 0 heterocycles. The Bertz CT molecular complexity index is 1360. The monoisotopic (exact) mass is 565 g/mol. The second-order valence-corrected chi connectivity index (χ2v) is 11.0. The highest BCUT2D eigenvalue weighted by molar-refractivity contribution is 7.92. The van der Waals surface area contributed by atoms with E-state index in [1.165, 1.54) is 18.9 Å². The number of hydrogen-bond acceptors (Lipinski definition) is 4. The van der Waals surface area contributed by atoms with E-state index in [0.29, 0.717) is 15.6 Å². The number of halogens is 3. The van der Waals surface area contributed by atoms with Crippen LogP contribution in [0.15, 0.2) is 71.6 Å². The summed E-state index contributed by atoms with van der Waals surface area (Å²) in [5.41, 5.74) is 1.53. The van der Waals surface area contributed by atoms with Crippen molar-refractivity contribution in [3.63, 3.8) is 0 Å². The van der Waals surface area contributed by atoms with Crippen LogP contribution in [0, 0.1) is 12.7 Å². The highest BCUT2D eigenvalue weighted by Crippen LogP contribution is 2.28. The van der Waals surface area contributed by atoms with Gasteiger partial charge in [-0.3, -0.25) is 13.9 Å². The molecule has 0 bridgehead atoms. The minimum atomic E-state index is -4.29. The van der Waals surface area contributed by atoms with Crippen molar-refractivity contribution in [1.82, 2.24) is 10.2 Å². The van der Waals surface area contributed by atoms with Gasteiger partial charge in [-0.05, 0) is 62.4 Å². The summed E-state index contributed by atoms with van der Waals surface area (Å²) in [5, 5.41) is 3.09. The van der Waals surface area contributed by atoms with Gasteiger partial charge in [-0.15, -0.1) is 0 Å². The Balaban J connectivity index is 2.06. The first-order valence-electron chi connectivity index (χ1n) is 11.2. The number of likely N-dealkylation sites (N-methyl/N-ethyl adjacent to an activating group) is 1. The number of nitrogens with one attached hydrogen (secondary N) is 1. The molecule has 37 heavy (non-hydrogen) atoms. The molecular formula is C26H26Cl2FN3O4S. The van der Waals surface area contributed by atoms with Gasteiger partial charge in [0.1, 0.15) is 18.4 Å². The van der Waals surface area contributed by atoms with Crippen molar-refractivity contribution in [3.05, 3.63) is 93.7 Å². The van der Waals surface area contributed by atoms with Gasteiger partial charge < -0.3 is 10.2 Å². The molecule has 0 aromatic heterocycles. The number of hydrogen-bond donors (Lipinski definition) is 1. The molecule has 1 atom stereocenters. The predicted octanol–water partition coefficient (Wildman–Crippen LogP) is 4.80. The molecule has 0 aliphatic carbocycles. The smallest absolute Gasteiger partial charge is 0.264 e. The quantitative estimate of drug-likeness (QED) is 0.403. The number of carbonyl (C=O) groups excluding carboxylic acids is 2. The maximum absolute atomic E-state index is 13.7. The average molecular weight is 566 g/mol. The third-order valence-corrected chi connectivity index (χ3v) is 8.30. The van der Waals surface area contributed by atoms with Gasteiger partial charge in [0.25, 0.3) is 10.0 Å². The number of amides is 2. The number of carbonyl (C=O) groups is 2. The molecule has 11 heteroatoms. The van der Waals surface area contributed by atoms with Crippen LogP contribution in [0.1, 0.15) is 18.1 Å². The number of nitrogens with zero attached hydrogens (tertiary/aromatic N) is 2. The zero-order chi connectivity index (χ0) is 27.3. The van der Waals surface area contributed by atoms with Crippen LogP contribution in [-0.2, 0) is 26.2 Å². The molecule has 0 saturated heterocycles. The second-order valence-electron chi connectivity index (χ2n) is 8.31. The third-order valence-electron chi connectivity index (χ3n) is 5.81. The first-order chi connectivity index (χ1) is 17.4. The first-order valence-corrected chi connectivity index (χ1v) is 13.4. The van der Waals surface area contributed by atoms with Gasteiger partial charge in [0.2, 0.25) is 11.8 Å². The van der Waals surface area contributed by atoms with Gasteiger partial charge in [0.15, 0.2) is 0 Å². The summed E-state index contributed by atoms with van der Waals surface area (Å²) in [4.78, 5) is 27.3. The number of rotatable bonds is 9. The zero-order valence-corrected chi connectivity index (χ0v) is 22.7. The lowest BCUT2D eigenvalue weighted by Crippen LogP contribution is -2.50. The third kappa shape index (κ3) is 6.60. The maximum Gasteiger partial charge on any atom is 0.264 e. The van der Waals surface area contributed by atoms with Crippen LogP contribution in [0.25, 0.3) is 0 Å². The highest BCUT2D eigenvalue weighted by Gasteiger charge is 2.33. The van der Waals surface area contributed by atoms with Crippen molar-refractivity contribution >= 4 is 50.7 Å². The molecule has 0 saturated carbocycles. The van der Waals surface area contributed by atoms with Crippen LogP contribution < -0.4 is 9.62 Å². The molecule has 3 aromatic rings. The second kappa shape index (κ2) is 11.9. The molecule has 0 aliphatic rings. The first kappa shape index (κ1) is 28.4. The molecule has 3 rings (SSSR count). The van der Waals surface area contributed by atoms with Crippen LogP contribution in [0.2, 0.25) is 10.0 Å². The van der Waals surface area contributed by atoms with Crippen LogP contribution in [0.4, 0.5) is 10.1 Å². The normalized spacial score (nSPS) is 12.1. The van der Waals surface area contributed by atoms with Crippen molar-refractivity contribution in [2.75, 3.05) is 17.9 Å². The zero-order valence-electron chi connectivity index (χ0n) is 20.4. The number of aryl methyl sites for hydroxylation is 1. The average Bonchev–Trinajstić information content (AvgIpc) is 2.87. The fraction of sp³-hybridized carbons (Fsp3) is 0.231. The summed E-state index contributed by atoms with van der Waals surface area (Å²) < 4.78 is 41.7. The predicted molar refractivity (Wildman–Crippen MR) is 143 cm³/mol. The van der Waals surface area contributed by atoms with E-state index in [4.69, 9.17) is 23.2 Å². The Morgan fingerprint density at radius 1 is 0.973 bits per heavy atom. The Kier molecular flexibility index (Phi) is 9.17. The molecule has 7 nitrogen and oxygen atoms in total. The summed E-state index contributed by atoms with van der Waals surface area (Å²) in [6.45, 7) is 2.59. The molecular weight excluding hydrogens is 540 g/mol. The number of benzene rings is 3. The highest BCUT2D eigenvalue weighted by atomic mass is 35.5. The van der Waals surface area contributed by atoms with Crippen LogP contribution >= 0.6 is 23.2 Å². The van der Waals surface area contributed by atoms with Gasteiger partial charge in [-0.25, -0.2) is 12.8 Å². The lowest BCUT2D eigenvalue weighted by molar-refractivity contribution is -0.139. The van der Waals surface area contributed by atoms with Crippen molar-refractivity contribution < 1.29 is 22.4 Å². The molecule has 0 spiro atoms. The lowest BCUT2D eigenvalue weighted by Gasteiger charge is -2.32. The van der Waals surface area contributed by atoms with Crippen LogP contribution in [0.3, 0.4) is 0 Å². The van der Waals surface area contributed by atoms with E-state index in [1.807, 2.05) is 6.92 Å². The van der Waals surface area contributed by atoms with Crippen molar-refractivity contribution in [2.45, 2.75) is 31.3 Å². The molecule has 3 aromatic carbocycles. The van der Waals surface area contributed by atoms with Crippen LogP contribution in [-0.4, -0.2) is 44.8 Å². The fourth-order valence-corrected chi connectivity index (χ4v) is 5.55. The Morgan fingerprint density at radius 2 is 1.54 bits per heavy atom. The van der Waals surface area contributed by atoms with E-state index in [0.717, 1.165) is 34.1 Å². The maximum atomic E-state index is 13.7. The van der Waals surface area contributed by atoms with Gasteiger partial charge in [0.05, 0.1) is 10.6 Å².